The summed E-state index contributed by atoms with van der Waals surface area (Å²) in [7, 11) is 0. The van der Waals surface area contributed by atoms with E-state index in [4.69, 9.17) is 4.74 Å². The lowest BCUT2D eigenvalue weighted by Gasteiger charge is -2.33. The lowest BCUT2D eigenvalue weighted by Crippen LogP contribution is -2.43. The average Bonchev–Trinajstić information content (AvgIpc) is 2.77. The van der Waals surface area contributed by atoms with Gasteiger partial charge in [0.1, 0.15) is 11.3 Å². The Hall–Kier alpha value is -1.08. The first-order chi connectivity index (χ1) is 10.7. The molecular formula is C16H23BrN2O3S. The van der Waals surface area contributed by atoms with Crippen molar-refractivity contribution in [3.05, 3.63) is 20.3 Å². The molecular weight excluding hydrogens is 380 g/mol. The molecule has 1 aromatic rings. The maximum atomic E-state index is 12.1. The predicted octanol–water partition coefficient (Wildman–Crippen LogP) is 4.64. The van der Waals surface area contributed by atoms with Crippen LogP contribution >= 0.6 is 27.3 Å². The SMILES string of the molecule is Cc1cc(Br)c(/C(=N/O)C2CCN(C(=O)OC(C)(C)C)CC2)s1. The van der Waals surface area contributed by atoms with Gasteiger partial charge >= 0.3 is 6.09 Å². The van der Waals surface area contributed by atoms with Crippen molar-refractivity contribution in [3.63, 3.8) is 0 Å². The molecule has 0 unspecified atom stereocenters. The molecule has 1 aliphatic heterocycles. The van der Waals surface area contributed by atoms with Crippen molar-refractivity contribution < 1.29 is 14.7 Å². The second kappa shape index (κ2) is 7.21. The Morgan fingerprint density at radius 2 is 2.04 bits per heavy atom. The Balaban J connectivity index is 2.01. The summed E-state index contributed by atoms with van der Waals surface area (Å²) in [5.41, 5.74) is 0.226. The van der Waals surface area contributed by atoms with Gasteiger partial charge in [0.25, 0.3) is 0 Å². The minimum Gasteiger partial charge on any atom is -0.444 e. The molecule has 0 aromatic carbocycles. The topological polar surface area (TPSA) is 62.1 Å². The number of hydrogen-bond donors (Lipinski definition) is 1. The minimum atomic E-state index is -0.481. The molecule has 1 aromatic heterocycles. The van der Waals surface area contributed by atoms with E-state index in [1.54, 1.807) is 16.2 Å². The lowest BCUT2D eigenvalue weighted by atomic mass is 9.91. The van der Waals surface area contributed by atoms with Gasteiger partial charge in [-0.05, 0) is 62.5 Å². The number of halogens is 1. The van der Waals surface area contributed by atoms with Gasteiger partial charge in [-0.1, -0.05) is 5.16 Å². The van der Waals surface area contributed by atoms with Crippen LogP contribution in [0.4, 0.5) is 4.79 Å². The third kappa shape index (κ3) is 4.70. The van der Waals surface area contributed by atoms with Gasteiger partial charge < -0.3 is 14.8 Å². The van der Waals surface area contributed by atoms with Gasteiger partial charge in [0, 0.05) is 28.4 Å². The molecule has 1 amide bonds. The van der Waals surface area contributed by atoms with Crippen LogP contribution in [0, 0.1) is 12.8 Å². The normalized spacial score (nSPS) is 17.4. The zero-order valence-corrected chi connectivity index (χ0v) is 16.3. The first kappa shape index (κ1) is 18.3. The van der Waals surface area contributed by atoms with Crippen molar-refractivity contribution in [2.75, 3.05) is 13.1 Å². The monoisotopic (exact) mass is 402 g/mol. The molecule has 5 nitrogen and oxygen atoms in total. The molecule has 1 aliphatic rings. The Kier molecular flexibility index (Phi) is 5.73. The third-order valence-electron chi connectivity index (χ3n) is 3.68. The van der Waals surface area contributed by atoms with Crippen LogP contribution in [0.5, 0.6) is 0 Å². The number of ether oxygens (including phenoxy) is 1. The Labute approximate surface area is 149 Å². The van der Waals surface area contributed by atoms with Crippen LogP contribution in [0.25, 0.3) is 0 Å². The Morgan fingerprint density at radius 3 is 2.48 bits per heavy atom. The summed E-state index contributed by atoms with van der Waals surface area (Å²) in [4.78, 5) is 16.0. The molecule has 0 saturated carbocycles. The number of hydrogen-bond acceptors (Lipinski definition) is 5. The van der Waals surface area contributed by atoms with Crippen molar-refractivity contribution >= 4 is 39.1 Å². The molecule has 2 heterocycles. The number of amides is 1. The van der Waals surface area contributed by atoms with Gasteiger partial charge in [-0.15, -0.1) is 11.3 Å². The standard InChI is InChI=1S/C16H23BrN2O3S/c1-10-9-12(17)14(23-10)13(18-21)11-5-7-19(8-6-11)15(20)22-16(2,3)4/h9,11,21H,5-8H2,1-4H3/b18-13+. The van der Waals surface area contributed by atoms with Crippen LogP contribution < -0.4 is 0 Å². The van der Waals surface area contributed by atoms with Crippen molar-refractivity contribution in [3.8, 4) is 0 Å². The molecule has 0 bridgehead atoms. The van der Waals surface area contributed by atoms with Gasteiger partial charge in [-0.25, -0.2) is 4.79 Å². The van der Waals surface area contributed by atoms with Crippen LogP contribution in [0.1, 0.15) is 43.4 Å². The highest BCUT2D eigenvalue weighted by Crippen LogP contribution is 2.32. The smallest absolute Gasteiger partial charge is 0.410 e. The number of thiophene rings is 1. The number of nitrogens with zero attached hydrogens (tertiary/aromatic N) is 2. The summed E-state index contributed by atoms with van der Waals surface area (Å²) in [5, 5.41) is 13.0. The van der Waals surface area contributed by atoms with E-state index >= 15 is 0 Å². The average molecular weight is 403 g/mol. The minimum absolute atomic E-state index is 0.146. The quantitative estimate of drug-likeness (QED) is 0.444. The van der Waals surface area contributed by atoms with E-state index in [1.165, 1.54) is 4.88 Å². The van der Waals surface area contributed by atoms with E-state index in [9.17, 15) is 10.0 Å². The maximum Gasteiger partial charge on any atom is 0.410 e. The molecule has 1 N–H and O–H groups in total. The highest BCUT2D eigenvalue weighted by atomic mass is 79.9. The largest absolute Gasteiger partial charge is 0.444 e. The van der Waals surface area contributed by atoms with Gasteiger partial charge in [-0.3, -0.25) is 0 Å². The Bertz CT molecular complexity index is 599. The molecule has 0 spiro atoms. The van der Waals surface area contributed by atoms with Gasteiger partial charge in [-0.2, -0.15) is 0 Å². The van der Waals surface area contributed by atoms with Gasteiger partial charge in [0.2, 0.25) is 0 Å². The number of carbonyl (C=O) groups excluding carboxylic acids is 1. The highest BCUT2D eigenvalue weighted by Gasteiger charge is 2.30. The molecule has 2 rings (SSSR count). The predicted molar refractivity (Wildman–Crippen MR) is 95.6 cm³/mol. The van der Waals surface area contributed by atoms with E-state index in [1.807, 2.05) is 33.8 Å². The van der Waals surface area contributed by atoms with Crippen molar-refractivity contribution in [2.24, 2.45) is 11.1 Å². The molecule has 1 saturated heterocycles. The summed E-state index contributed by atoms with van der Waals surface area (Å²) in [6.45, 7) is 8.85. The van der Waals surface area contributed by atoms with Gasteiger partial charge in [0.15, 0.2) is 0 Å². The maximum absolute atomic E-state index is 12.1. The highest BCUT2D eigenvalue weighted by molar-refractivity contribution is 9.10. The van der Waals surface area contributed by atoms with Crippen LogP contribution in [0.2, 0.25) is 0 Å². The van der Waals surface area contributed by atoms with Crippen molar-refractivity contribution in [1.82, 2.24) is 4.90 Å². The van der Waals surface area contributed by atoms with E-state index < -0.39 is 5.60 Å². The number of likely N-dealkylation sites (tertiary alicyclic amines) is 1. The first-order valence-corrected chi connectivity index (χ1v) is 9.28. The fourth-order valence-electron chi connectivity index (χ4n) is 2.63. The zero-order chi connectivity index (χ0) is 17.2. The lowest BCUT2D eigenvalue weighted by molar-refractivity contribution is 0.0201. The molecule has 1 fully saturated rings. The zero-order valence-electron chi connectivity index (χ0n) is 13.9. The molecule has 23 heavy (non-hydrogen) atoms. The van der Waals surface area contributed by atoms with Crippen LogP contribution in [-0.2, 0) is 4.74 Å². The Morgan fingerprint density at radius 1 is 1.43 bits per heavy atom. The summed E-state index contributed by atoms with van der Waals surface area (Å²) in [6, 6.07) is 2.03. The van der Waals surface area contributed by atoms with Crippen molar-refractivity contribution in [2.45, 2.75) is 46.1 Å². The fraction of sp³-hybridized carbons (Fsp3) is 0.625. The molecule has 0 aliphatic carbocycles. The molecule has 0 radical (unpaired) electrons. The first-order valence-electron chi connectivity index (χ1n) is 7.67. The third-order valence-corrected chi connectivity index (χ3v) is 5.64. The molecule has 7 heteroatoms. The van der Waals surface area contributed by atoms with E-state index in [-0.39, 0.29) is 12.0 Å². The number of carbonyl (C=O) groups is 1. The second-order valence-corrected chi connectivity index (χ2v) is 8.87. The van der Waals surface area contributed by atoms with Crippen LogP contribution in [-0.4, -0.2) is 40.6 Å². The van der Waals surface area contributed by atoms with Crippen LogP contribution in [0.3, 0.4) is 0 Å². The van der Waals surface area contributed by atoms with Gasteiger partial charge in [0.05, 0.1) is 4.88 Å². The van der Waals surface area contributed by atoms with Crippen molar-refractivity contribution in [1.29, 1.82) is 0 Å². The fourth-order valence-corrected chi connectivity index (χ4v) is 4.54. The molecule has 128 valence electrons. The number of aryl methyl sites for hydroxylation is 1. The number of piperidine rings is 1. The summed E-state index contributed by atoms with van der Waals surface area (Å²) in [5.74, 6) is 0.146. The second-order valence-electron chi connectivity index (χ2n) is 6.76. The van der Waals surface area contributed by atoms with E-state index in [0.29, 0.717) is 18.8 Å². The van der Waals surface area contributed by atoms with E-state index in [0.717, 1.165) is 22.2 Å². The van der Waals surface area contributed by atoms with Crippen LogP contribution in [0.15, 0.2) is 15.7 Å². The molecule has 0 atom stereocenters. The summed E-state index contributed by atoms with van der Waals surface area (Å²) >= 11 is 5.14. The summed E-state index contributed by atoms with van der Waals surface area (Å²) < 4.78 is 6.37. The summed E-state index contributed by atoms with van der Waals surface area (Å²) in [6.07, 6.45) is 1.26. The number of oxime groups is 1. The number of rotatable bonds is 2. The van der Waals surface area contributed by atoms with E-state index in [2.05, 4.69) is 21.1 Å².